The highest BCUT2D eigenvalue weighted by atomic mass is 19.1. The van der Waals surface area contributed by atoms with Crippen molar-refractivity contribution >= 4 is 0 Å². The fourth-order valence-electron chi connectivity index (χ4n) is 1.22. The summed E-state index contributed by atoms with van der Waals surface area (Å²) in [6, 6.07) is 2.89. The maximum atomic E-state index is 13.3. The first-order chi connectivity index (χ1) is 7.09. The molecule has 0 aliphatic heterocycles. The lowest BCUT2D eigenvalue weighted by atomic mass is 10.3. The van der Waals surface area contributed by atoms with E-state index >= 15 is 0 Å². The van der Waals surface area contributed by atoms with E-state index in [4.69, 9.17) is 0 Å². The predicted molar refractivity (Wildman–Crippen MR) is 48.7 cm³/mol. The fourth-order valence-corrected chi connectivity index (χ4v) is 1.22. The number of rotatable bonds is 1. The normalized spacial score (nSPS) is 10.6. The summed E-state index contributed by atoms with van der Waals surface area (Å²) in [5.41, 5.74) is -0.674. The lowest BCUT2D eigenvalue weighted by Gasteiger charge is -2.01. The Bertz CT molecular complexity index is 559. The number of hydrogen-bond acceptors (Lipinski definition) is 2. The summed E-state index contributed by atoms with van der Waals surface area (Å²) in [5, 5.41) is 3.64. The summed E-state index contributed by atoms with van der Waals surface area (Å²) in [5.74, 6) is -1.28. The van der Waals surface area contributed by atoms with Crippen molar-refractivity contribution < 1.29 is 8.78 Å². The average molecular weight is 211 g/mol. The van der Waals surface area contributed by atoms with Crippen molar-refractivity contribution in [2.24, 2.45) is 7.05 Å². The topological polar surface area (TPSA) is 39.8 Å². The first kappa shape index (κ1) is 9.57. The zero-order valence-electron chi connectivity index (χ0n) is 7.82. The molecule has 0 unspecified atom stereocenters. The number of hydrogen-bond donors (Lipinski definition) is 0. The van der Waals surface area contributed by atoms with Crippen LogP contribution < -0.4 is 5.69 Å². The molecule has 0 amide bonds. The third kappa shape index (κ3) is 1.54. The molecule has 0 saturated carbocycles. The highest BCUT2D eigenvalue weighted by Gasteiger charge is 2.09. The summed E-state index contributed by atoms with van der Waals surface area (Å²) in [6.07, 6.45) is 1.14. The minimum atomic E-state index is -0.675. The molecule has 1 heterocycles. The Morgan fingerprint density at radius 1 is 1.33 bits per heavy atom. The third-order valence-corrected chi connectivity index (χ3v) is 1.99. The molecule has 0 aliphatic rings. The second-order valence-corrected chi connectivity index (χ2v) is 3.00. The predicted octanol–water partition coefficient (Wildman–Crippen LogP) is 0.849. The molecule has 78 valence electrons. The molecule has 15 heavy (non-hydrogen) atoms. The number of aromatic nitrogens is 3. The molecule has 0 aliphatic carbocycles. The Morgan fingerprint density at radius 2 is 2.07 bits per heavy atom. The lowest BCUT2D eigenvalue weighted by molar-refractivity contribution is 0.590. The number of nitrogens with zero attached hydrogens (tertiary/aromatic N) is 3. The van der Waals surface area contributed by atoms with Crippen LogP contribution in [0.3, 0.4) is 0 Å². The van der Waals surface area contributed by atoms with Crippen LogP contribution in [0.4, 0.5) is 8.78 Å². The van der Waals surface area contributed by atoms with Crippen LogP contribution in [0.25, 0.3) is 5.69 Å². The molecule has 2 rings (SSSR count). The van der Waals surface area contributed by atoms with Crippen molar-refractivity contribution in [2.75, 3.05) is 0 Å². The molecule has 6 heteroatoms. The van der Waals surface area contributed by atoms with Crippen molar-refractivity contribution in [1.29, 1.82) is 0 Å². The molecular formula is C9H7F2N3O. The smallest absolute Gasteiger partial charge is 0.247 e. The Kier molecular flexibility index (Phi) is 2.11. The van der Waals surface area contributed by atoms with E-state index < -0.39 is 17.3 Å². The molecular weight excluding hydrogens is 204 g/mol. The Balaban J connectivity index is 2.69. The Hall–Kier alpha value is -1.98. The van der Waals surface area contributed by atoms with Gasteiger partial charge in [0.05, 0.1) is 5.69 Å². The van der Waals surface area contributed by atoms with Gasteiger partial charge in [0.1, 0.15) is 18.0 Å². The lowest BCUT2D eigenvalue weighted by Crippen LogP contribution is -2.21. The quantitative estimate of drug-likeness (QED) is 0.701. The molecule has 0 N–H and O–H groups in total. The monoisotopic (exact) mass is 211 g/mol. The SMILES string of the molecule is Cn1ncn(-c2cc(F)ccc2F)c1=O. The molecule has 0 fully saturated rings. The van der Waals surface area contributed by atoms with Gasteiger partial charge in [-0.15, -0.1) is 0 Å². The van der Waals surface area contributed by atoms with Gasteiger partial charge in [-0.25, -0.2) is 22.8 Å². The van der Waals surface area contributed by atoms with Gasteiger partial charge in [0.25, 0.3) is 0 Å². The van der Waals surface area contributed by atoms with Gasteiger partial charge in [0.15, 0.2) is 0 Å². The van der Waals surface area contributed by atoms with Gasteiger partial charge in [-0.1, -0.05) is 0 Å². The van der Waals surface area contributed by atoms with E-state index in [0.29, 0.717) is 0 Å². The number of aryl methyl sites for hydroxylation is 1. The molecule has 0 bridgehead atoms. The summed E-state index contributed by atoms with van der Waals surface area (Å²) >= 11 is 0. The molecule has 4 nitrogen and oxygen atoms in total. The third-order valence-electron chi connectivity index (χ3n) is 1.99. The molecule has 0 spiro atoms. The van der Waals surface area contributed by atoms with E-state index in [1.165, 1.54) is 7.05 Å². The molecule has 0 saturated heterocycles. The van der Waals surface area contributed by atoms with Crippen molar-refractivity contribution in [3.05, 3.63) is 46.6 Å². The molecule has 0 radical (unpaired) electrons. The minimum absolute atomic E-state index is 0.145. The van der Waals surface area contributed by atoms with Gasteiger partial charge in [-0.2, -0.15) is 5.10 Å². The van der Waals surface area contributed by atoms with Crippen LogP contribution in [0.5, 0.6) is 0 Å². The molecule has 2 aromatic rings. The molecule has 1 aromatic carbocycles. The van der Waals surface area contributed by atoms with Crippen LogP contribution in [0, 0.1) is 11.6 Å². The summed E-state index contributed by atoms with van der Waals surface area (Å²) in [4.78, 5) is 11.4. The van der Waals surface area contributed by atoms with Crippen LogP contribution in [0.1, 0.15) is 0 Å². The highest BCUT2D eigenvalue weighted by Crippen LogP contribution is 2.12. The second-order valence-electron chi connectivity index (χ2n) is 3.00. The van der Waals surface area contributed by atoms with Crippen LogP contribution in [-0.4, -0.2) is 14.3 Å². The van der Waals surface area contributed by atoms with Crippen LogP contribution in [0.15, 0.2) is 29.3 Å². The van der Waals surface area contributed by atoms with Crippen molar-refractivity contribution in [2.45, 2.75) is 0 Å². The van der Waals surface area contributed by atoms with E-state index in [1.807, 2.05) is 0 Å². The van der Waals surface area contributed by atoms with Gasteiger partial charge in [0, 0.05) is 13.1 Å². The first-order valence-electron chi connectivity index (χ1n) is 4.15. The largest absolute Gasteiger partial charge is 0.350 e. The maximum Gasteiger partial charge on any atom is 0.350 e. The zero-order valence-corrected chi connectivity index (χ0v) is 7.82. The van der Waals surface area contributed by atoms with Crippen molar-refractivity contribution in [3.8, 4) is 5.69 Å². The fraction of sp³-hybridized carbons (Fsp3) is 0.111. The summed E-state index contributed by atoms with van der Waals surface area (Å²) < 4.78 is 28.1. The van der Waals surface area contributed by atoms with Gasteiger partial charge in [-0.3, -0.25) is 0 Å². The second kappa shape index (κ2) is 3.30. The maximum absolute atomic E-state index is 13.3. The standard InChI is InChI=1S/C9H7F2N3O/c1-13-9(15)14(5-12-13)8-4-6(10)2-3-7(8)11/h2-5H,1H3. The zero-order chi connectivity index (χ0) is 11.0. The van der Waals surface area contributed by atoms with Crippen molar-refractivity contribution in [3.63, 3.8) is 0 Å². The van der Waals surface area contributed by atoms with E-state index in [1.54, 1.807) is 0 Å². The summed E-state index contributed by atoms with van der Waals surface area (Å²) in [7, 11) is 1.43. The summed E-state index contributed by atoms with van der Waals surface area (Å²) in [6.45, 7) is 0. The van der Waals surface area contributed by atoms with Crippen LogP contribution in [-0.2, 0) is 7.05 Å². The van der Waals surface area contributed by atoms with E-state index in [-0.39, 0.29) is 5.69 Å². The van der Waals surface area contributed by atoms with Crippen LogP contribution in [0.2, 0.25) is 0 Å². The Labute approximate surface area is 83.4 Å². The molecule has 1 aromatic heterocycles. The van der Waals surface area contributed by atoms with Gasteiger partial charge in [-0.05, 0) is 12.1 Å². The van der Waals surface area contributed by atoms with E-state index in [9.17, 15) is 13.6 Å². The number of halogens is 2. The molecule has 0 atom stereocenters. The minimum Gasteiger partial charge on any atom is -0.247 e. The van der Waals surface area contributed by atoms with Gasteiger partial charge < -0.3 is 0 Å². The first-order valence-corrected chi connectivity index (χ1v) is 4.15. The van der Waals surface area contributed by atoms with Crippen LogP contribution >= 0.6 is 0 Å². The Morgan fingerprint density at radius 3 is 2.67 bits per heavy atom. The average Bonchev–Trinajstić information content (AvgIpc) is 2.52. The van der Waals surface area contributed by atoms with Gasteiger partial charge in [0.2, 0.25) is 0 Å². The van der Waals surface area contributed by atoms with Crippen molar-refractivity contribution in [1.82, 2.24) is 14.3 Å². The van der Waals surface area contributed by atoms with Gasteiger partial charge >= 0.3 is 5.69 Å². The van der Waals surface area contributed by atoms with E-state index in [2.05, 4.69) is 5.10 Å². The number of benzene rings is 1. The van der Waals surface area contributed by atoms with E-state index in [0.717, 1.165) is 33.8 Å². The highest BCUT2D eigenvalue weighted by molar-refractivity contribution is 5.33.